The molecule has 2 aliphatic rings. The van der Waals surface area contributed by atoms with Gasteiger partial charge in [-0.3, -0.25) is 0 Å². The second-order valence-electron chi connectivity index (χ2n) is 25.8. The lowest BCUT2D eigenvalue weighted by molar-refractivity contribution is 0.448. The molecule has 10 aromatic rings. The van der Waals surface area contributed by atoms with E-state index in [1.807, 2.05) is 152 Å². The maximum atomic E-state index is 12.5. The molecular formula is C80H74O10. The Kier molecular flexibility index (Phi) is 15.8. The minimum Gasteiger partial charge on any atom is -0.507 e. The molecule has 0 saturated carbocycles. The molecule has 10 aromatic carbocycles. The minimum atomic E-state index is -0.0426. The normalized spacial score (nSPS) is 13.0. The predicted octanol–water partition coefficient (Wildman–Crippen LogP) is 15.1. The van der Waals surface area contributed by atoms with Crippen LogP contribution in [0.1, 0.15) is 167 Å². The maximum absolute atomic E-state index is 12.5. The first-order valence-corrected chi connectivity index (χ1v) is 30.6. The standard InChI is InChI=1S/C80H74O10/c1-41-11-51-31-52-12-42(2)16-56(72(52)82)34-60-20-46(6)24-64(76(60)86)38-68-28-49(27-67(79(68)89)37-63-23-45(5)19-59(75(63)85)33-55(15-41)71(51)81)9-10-50-29-69-39-65-25-47(7)21-61(77(65)87)35-57-17-43(3)13-53(73(57)83)32-54-14-44(4)18-58(74(54)84)36-62-22-48(8)26-66(78(62)88)40-70(30-50)80(69)90/h11-30,81-90H,31-40H2,1-8H3. The van der Waals surface area contributed by atoms with Crippen LogP contribution in [-0.4, -0.2) is 51.1 Å². The lowest BCUT2D eigenvalue weighted by atomic mass is 9.88. The highest BCUT2D eigenvalue weighted by molar-refractivity contribution is 5.63. The van der Waals surface area contributed by atoms with Crippen LogP contribution in [0.25, 0.3) is 0 Å². The van der Waals surface area contributed by atoms with Gasteiger partial charge in [0.05, 0.1) is 0 Å². The molecule has 0 aliphatic heterocycles. The van der Waals surface area contributed by atoms with Crippen molar-refractivity contribution >= 4 is 0 Å². The molecule has 0 amide bonds. The zero-order valence-corrected chi connectivity index (χ0v) is 52.1. The van der Waals surface area contributed by atoms with Gasteiger partial charge in [-0.2, -0.15) is 0 Å². The molecule has 0 fully saturated rings. The molecule has 10 N–H and O–H groups in total. The summed E-state index contributed by atoms with van der Waals surface area (Å²) in [6, 6.07) is 37.5. The molecule has 0 aromatic heterocycles. The summed E-state index contributed by atoms with van der Waals surface area (Å²) in [5, 5.41) is 122. The zero-order chi connectivity index (χ0) is 63.7. The molecule has 0 spiro atoms. The van der Waals surface area contributed by atoms with Gasteiger partial charge in [0.15, 0.2) is 0 Å². The molecule has 90 heavy (non-hydrogen) atoms. The van der Waals surface area contributed by atoms with Gasteiger partial charge in [0.2, 0.25) is 0 Å². The second-order valence-corrected chi connectivity index (χ2v) is 25.8. The van der Waals surface area contributed by atoms with Gasteiger partial charge in [-0.25, -0.2) is 0 Å². The predicted molar refractivity (Wildman–Crippen MR) is 353 cm³/mol. The average molecular weight is 1200 g/mol. The van der Waals surface area contributed by atoms with Gasteiger partial charge in [-0.15, -0.1) is 0 Å². The fraction of sp³-hybridized carbons (Fsp3) is 0.225. The first kappa shape index (κ1) is 60.1. The van der Waals surface area contributed by atoms with E-state index in [1.54, 1.807) is 24.3 Å². The van der Waals surface area contributed by atoms with Crippen LogP contribution < -0.4 is 0 Å². The van der Waals surface area contributed by atoms with Gasteiger partial charge in [0.25, 0.3) is 0 Å². The molecule has 0 radical (unpaired) electrons. The summed E-state index contributed by atoms with van der Waals surface area (Å²) in [6.45, 7) is 15.5. The Bertz CT molecular complexity index is 4130. The monoisotopic (exact) mass is 1190 g/mol. The van der Waals surface area contributed by atoms with Crippen molar-refractivity contribution in [3.8, 4) is 69.3 Å². The molecule has 10 nitrogen and oxygen atoms in total. The fourth-order valence-corrected chi connectivity index (χ4v) is 14.0. The van der Waals surface area contributed by atoms with Gasteiger partial charge >= 0.3 is 0 Å². The number of aromatic hydroxyl groups is 10. The summed E-state index contributed by atoms with van der Waals surface area (Å²) in [5.41, 5.74) is 19.3. The Labute approximate surface area is 525 Å². The van der Waals surface area contributed by atoms with Crippen LogP contribution in [-0.2, 0) is 64.2 Å². The molecule has 20 bridgehead atoms. The summed E-state index contributed by atoms with van der Waals surface area (Å²) >= 11 is 0. The quantitative estimate of drug-likeness (QED) is 0.0651. The number of phenolic OH excluding ortho intramolecular Hbond substituents is 10. The number of fused-ring (bicyclic) bond motifs is 20. The van der Waals surface area contributed by atoms with E-state index in [2.05, 4.69) is 11.8 Å². The van der Waals surface area contributed by atoms with E-state index in [-0.39, 0.29) is 122 Å². The van der Waals surface area contributed by atoms with Crippen LogP contribution >= 0.6 is 0 Å². The number of benzene rings is 10. The number of rotatable bonds is 0. The highest BCUT2D eigenvalue weighted by Gasteiger charge is 2.25. The van der Waals surface area contributed by atoms with E-state index < -0.39 is 0 Å². The Morgan fingerprint density at radius 1 is 0.167 bits per heavy atom. The number of hydrogen-bond acceptors (Lipinski definition) is 10. The summed E-state index contributed by atoms with van der Waals surface area (Å²) in [4.78, 5) is 0. The van der Waals surface area contributed by atoms with Gasteiger partial charge in [-0.05, 0) is 191 Å². The summed E-state index contributed by atoms with van der Waals surface area (Å²) in [7, 11) is 0. The fourth-order valence-electron chi connectivity index (χ4n) is 14.0. The van der Waals surface area contributed by atoms with Crippen molar-refractivity contribution in [2.75, 3.05) is 0 Å². The van der Waals surface area contributed by atoms with Crippen LogP contribution in [0, 0.1) is 67.2 Å². The summed E-state index contributed by atoms with van der Waals surface area (Å²) in [5.74, 6) is 7.00. The molecular weight excluding hydrogens is 1120 g/mol. The van der Waals surface area contributed by atoms with Crippen LogP contribution in [0.2, 0.25) is 0 Å². The molecule has 12 rings (SSSR count). The third-order valence-electron chi connectivity index (χ3n) is 18.0. The number of phenols is 10. The van der Waals surface area contributed by atoms with Crippen LogP contribution in [0.4, 0.5) is 0 Å². The Balaban J connectivity index is 1.02. The number of aryl methyl sites for hydroxylation is 8. The Morgan fingerprint density at radius 2 is 0.256 bits per heavy atom. The van der Waals surface area contributed by atoms with E-state index in [4.69, 9.17) is 0 Å². The van der Waals surface area contributed by atoms with Crippen molar-refractivity contribution in [1.29, 1.82) is 0 Å². The van der Waals surface area contributed by atoms with Crippen LogP contribution in [0.3, 0.4) is 0 Å². The third kappa shape index (κ3) is 12.1. The average Bonchev–Trinajstić information content (AvgIpc) is 0.894. The van der Waals surface area contributed by atoms with Gasteiger partial charge in [0.1, 0.15) is 57.5 Å². The number of hydrogen-bond donors (Lipinski definition) is 10. The van der Waals surface area contributed by atoms with Crippen molar-refractivity contribution < 1.29 is 51.1 Å². The van der Waals surface area contributed by atoms with Gasteiger partial charge in [0, 0.05) is 75.3 Å². The molecule has 0 unspecified atom stereocenters. The topological polar surface area (TPSA) is 202 Å². The van der Waals surface area contributed by atoms with E-state index in [0.717, 1.165) is 44.5 Å². The molecule has 0 saturated heterocycles. The first-order valence-electron chi connectivity index (χ1n) is 30.6. The van der Waals surface area contributed by atoms with Gasteiger partial charge < -0.3 is 51.1 Å². The minimum absolute atomic E-state index is 0.0126. The van der Waals surface area contributed by atoms with Crippen molar-refractivity contribution in [2.24, 2.45) is 0 Å². The lowest BCUT2D eigenvalue weighted by Crippen LogP contribution is -2.03. The van der Waals surface area contributed by atoms with Crippen molar-refractivity contribution in [1.82, 2.24) is 0 Å². The zero-order valence-electron chi connectivity index (χ0n) is 52.1. The summed E-state index contributed by atoms with van der Waals surface area (Å²) in [6.07, 6.45) is 1.64. The van der Waals surface area contributed by atoms with Crippen molar-refractivity contribution in [3.63, 3.8) is 0 Å². The maximum Gasteiger partial charge on any atom is 0.122 e. The lowest BCUT2D eigenvalue weighted by Gasteiger charge is -2.19. The molecule has 0 heterocycles. The smallest absolute Gasteiger partial charge is 0.122 e. The van der Waals surface area contributed by atoms with E-state index >= 15 is 0 Å². The Hall–Kier alpha value is -10.2. The second kappa shape index (κ2) is 23.7. The SMILES string of the molecule is Cc1cc2c(O)c(c1)Cc1cc(C)cc(c1O)Cc1cc(C#Cc3cc4c(O)c(c3)Cc3cc(C)cc(c3O)Cc3cc(C)cc(c3O)Cc3cc(C)cc(c3O)Cc3cc(C)cc(c3O)C4)cc(c1O)Cc1cc(C)cc(c1O)Cc1cc(C)cc(c1O)C2. The van der Waals surface area contributed by atoms with Crippen LogP contribution in [0.15, 0.2) is 121 Å². The summed E-state index contributed by atoms with van der Waals surface area (Å²) < 4.78 is 0. The van der Waals surface area contributed by atoms with Crippen LogP contribution in [0.5, 0.6) is 57.5 Å². The highest BCUT2D eigenvalue weighted by Crippen LogP contribution is 2.43. The largest absolute Gasteiger partial charge is 0.507 e. The molecule has 2 aliphatic carbocycles. The van der Waals surface area contributed by atoms with Crippen molar-refractivity contribution in [3.05, 3.63) is 288 Å². The third-order valence-corrected chi connectivity index (χ3v) is 18.0. The molecule has 454 valence electrons. The van der Waals surface area contributed by atoms with E-state index in [9.17, 15) is 51.1 Å². The van der Waals surface area contributed by atoms with E-state index in [1.165, 1.54) is 0 Å². The molecule has 0 atom stereocenters. The highest BCUT2D eigenvalue weighted by atomic mass is 16.3. The van der Waals surface area contributed by atoms with Crippen molar-refractivity contribution in [2.45, 2.75) is 120 Å². The van der Waals surface area contributed by atoms with Gasteiger partial charge in [-0.1, -0.05) is 153 Å². The first-order chi connectivity index (χ1) is 42.9. The molecule has 10 heteroatoms. The Morgan fingerprint density at radius 3 is 0.356 bits per heavy atom. The van der Waals surface area contributed by atoms with E-state index in [0.29, 0.717) is 122 Å².